The number of hydrogen-bond acceptors (Lipinski definition) is 5. The zero-order valence-corrected chi connectivity index (χ0v) is 9.46. The van der Waals surface area contributed by atoms with Gasteiger partial charge in [-0.3, -0.25) is 4.40 Å². The summed E-state index contributed by atoms with van der Waals surface area (Å²) in [7, 11) is 0. The highest BCUT2D eigenvalue weighted by molar-refractivity contribution is 5.61. The molecule has 16 heavy (non-hydrogen) atoms. The standard InChI is InChI=1S/C10H16N6/c1-7(2)8(11)5-13-9-10-15-14-6-16(10)4-3-12-9/h3-4,6-8H,5,11H2,1-2H3,(H,12,13). The summed E-state index contributed by atoms with van der Waals surface area (Å²) in [6.07, 6.45) is 5.16. The average molecular weight is 220 g/mol. The first kappa shape index (κ1) is 10.8. The van der Waals surface area contributed by atoms with Crippen LogP contribution in [0.4, 0.5) is 5.82 Å². The quantitative estimate of drug-likeness (QED) is 0.785. The minimum Gasteiger partial charge on any atom is -0.365 e. The van der Waals surface area contributed by atoms with Crippen molar-refractivity contribution in [3.63, 3.8) is 0 Å². The molecule has 0 amide bonds. The van der Waals surface area contributed by atoms with Crippen molar-refractivity contribution in [3.8, 4) is 0 Å². The van der Waals surface area contributed by atoms with E-state index in [1.165, 1.54) is 0 Å². The molecule has 0 spiro atoms. The second-order valence-corrected chi connectivity index (χ2v) is 4.13. The van der Waals surface area contributed by atoms with Gasteiger partial charge >= 0.3 is 0 Å². The van der Waals surface area contributed by atoms with Gasteiger partial charge in [0, 0.05) is 25.0 Å². The van der Waals surface area contributed by atoms with Crippen LogP contribution >= 0.6 is 0 Å². The third-order valence-electron chi connectivity index (χ3n) is 2.58. The largest absolute Gasteiger partial charge is 0.365 e. The Labute approximate surface area is 93.9 Å². The van der Waals surface area contributed by atoms with Crippen LogP contribution in [0.1, 0.15) is 13.8 Å². The summed E-state index contributed by atoms with van der Waals surface area (Å²) in [4.78, 5) is 4.22. The second kappa shape index (κ2) is 4.44. The molecule has 0 aliphatic heterocycles. The Balaban J connectivity index is 2.12. The van der Waals surface area contributed by atoms with Crippen LogP contribution in [0.5, 0.6) is 0 Å². The fraction of sp³-hybridized carbons (Fsp3) is 0.500. The molecule has 86 valence electrons. The third-order valence-corrected chi connectivity index (χ3v) is 2.58. The molecular weight excluding hydrogens is 204 g/mol. The Kier molecular flexibility index (Phi) is 3.00. The van der Waals surface area contributed by atoms with E-state index in [4.69, 9.17) is 5.73 Å². The molecule has 2 aromatic rings. The first-order chi connectivity index (χ1) is 7.68. The summed E-state index contributed by atoms with van der Waals surface area (Å²) in [5.74, 6) is 1.15. The van der Waals surface area contributed by atoms with Gasteiger partial charge in [0.1, 0.15) is 6.33 Å². The van der Waals surface area contributed by atoms with Crippen LogP contribution < -0.4 is 11.1 Å². The van der Waals surface area contributed by atoms with Gasteiger partial charge in [-0.25, -0.2) is 4.98 Å². The Morgan fingerprint density at radius 2 is 2.31 bits per heavy atom. The highest BCUT2D eigenvalue weighted by atomic mass is 15.2. The van der Waals surface area contributed by atoms with Gasteiger partial charge in [-0.1, -0.05) is 13.8 Å². The number of rotatable bonds is 4. The van der Waals surface area contributed by atoms with Crippen molar-refractivity contribution in [1.29, 1.82) is 0 Å². The molecule has 0 bridgehead atoms. The van der Waals surface area contributed by atoms with Gasteiger partial charge in [-0.05, 0) is 5.92 Å². The maximum Gasteiger partial charge on any atom is 0.203 e. The molecule has 0 aliphatic carbocycles. The fourth-order valence-corrected chi connectivity index (χ4v) is 1.33. The van der Waals surface area contributed by atoms with Crippen LogP contribution in [0.2, 0.25) is 0 Å². The third kappa shape index (κ3) is 2.11. The lowest BCUT2D eigenvalue weighted by atomic mass is 10.1. The van der Waals surface area contributed by atoms with E-state index in [-0.39, 0.29) is 6.04 Å². The molecule has 6 nitrogen and oxygen atoms in total. The molecule has 2 heterocycles. The molecule has 3 N–H and O–H groups in total. The van der Waals surface area contributed by atoms with Crippen molar-refractivity contribution in [2.75, 3.05) is 11.9 Å². The lowest BCUT2D eigenvalue weighted by Crippen LogP contribution is -2.34. The minimum absolute atomic E-state index is 0.102. The van der Waals surface area contributed by atoms with Gasteiger partial charge < -0.3 is 11.1 Å². The molecule has 1 unspecified atom stereocenters. The van der Waals surface area contributed by atoms with Gasteiger partial charge in [0.05, 0.1) is 0 Å². The first-order valence-electron chi connectivity index (χ1n) is 5.32. The minimum atomic E-state index is 0.102. The monoisotopic (exact) mass is 220 g/mol. The maximum absolute atomic E-state index is 5.95. The van der Waals surface area contributed by atoms with E-state index < -0.39 is 0 Å². The Hall–Kier alpha value is -1.69. The van der Waals surface area contributed by atoms with E-state index in [9.17, 15) is 0 Å². The summed E-state index contributed by atoms with van der Waals surface area (Å²) in [6, 6.07) is 0.102. The van der Waals surface area contributed by atoms with Crippen LogP contribution in [0, 0.1) is 5.92 Å². The SMILES string of the molecule is CC(C)C(N)CNc1nccn2cnnc12. The van der Waals surface area contributed by atoms with Gasteiger partial charge in [-0.15, -0.1) is 10.2 Å². The molecule has 2 rings (SSSR count). The molecule has 2 aromatic heterocycles. The number of nitrogens with zero attached hydrogens (tertiary/aromatic N) is 4. The number of aromatic nitrogens is 4. The normalized spacial score (nSPS) is 13.2. The lowest BCUT2D eigenvalue weighted by molar-refractivity contribution is 0.511. The summed E-state index contributed by atoms with van der Waals surface area (Å²) < 4.78 is 1.82. The molecule has 0 aliphatic rings. The smallest absolute Gasteiger partial charge is 0.203 e. The maximum atomic E-state index is 5.95. The van der Waals surface area contributed by atoms with Crippen molar-refractivity contribution in [1.82, 2.24) is 19.6 Å². The number of nitrogens with two attached hydrogens (primary N) is 1. The zero-order chi connectivity index (χ0) is 11.5. The van der Waals surface area contributed by atoms with Gasteiger partial charge in [0.15, 0.2) is 5.82 Å². The van der Waals surface area contributed by atoms with Gasteiger partial charge in [-0.2, -0.15) is 0 Å². The van der Waals surface area contributed by atoms with Crippen molar-refractivity contribution >= 4 is 11.5 Å². The highest BCUT2D eigenvalue weighted by Gasteiger charge is 2.09. The van der Waals surface area contributed by atoms with E-state index in [1.807, 2.05) is 10.6 Å². The van der Waals surface area contributed by atoms with Gasteiger partial charge in [0.2, 0.25) is 5.65 Å². The molecule has 0 saturated carbocycles. The predicted octanol–water partition coefficient (Wildman–Crippen LogP) is 0.519. The van der Waals surface area contributed by atoms with Crippen LogP contribution in [-0.4, -0.2) is 32.2 Å². The first-order valence-corrected chi connectivity index (χ1v) is 5.32. The molecule has 6 heteroatoms. The van der Waals surface area contributed by atoms with Gasteiger partial charge in [0.25, 0.3) is 0 Å². The molecule has 0 saturated heterocycles. The lowest BCUT2D eigenvalue weighted by Gasteiger charge is -2.16. The van der Waals surface area contributed by atoms with Crippen LogP contribution in [-0.2, 0) is 0 Å². The molecule has 1 atom stereocenters. The summed E-state index contributed by atoms with van der Waals surface area (Å²) in [5.41, 5.74) is 6.67. The van der Waals surface area contributed by atoms with Crippen LogP contribution in [0.25, 0.3) is 5.65 Å². The van der Waals surface area contributed by atoms with Crippen molar-refractivity contribution in [3.05, 3.63) is 18.7 Å². The molecular formula is C10H16N6. The Morgan fingerprint density at radius 3 is 3.06 bits per heavy atom. The Morgan fingerprint density at radius 1 is 1.50 bits per heavy atom. The van der Waals surface area contributed by atoms with Crippen molar-refractivity contribution in [2.45, 2.75) is 19.9 Å². The molecule has 0 aromatic carbocycles. The van der Waals surface area contributed by atoms with Crippen LogP contribution in [0.3, 0.4) is 0 Å². The van der Waals surface area contributed by atoms with E-state index in [2.05, 4.69) is 34.3 Å². The number of fused-ring (bicyclic) bond motifs is 1. The van der Waals surface area contributed by atoms with E-state index in [0.717, 1.165) is 11.5 Å². The highest BCUT2D eigenvalue weighted by Crippen LogP contribution is 2.10. The number of anilines is 1. The Bertz CT molecular complexity index is 463. The van der Waals surface area contributed by atoms with E-state index in [1.54, 1.807) is 12.5 Å². The second-order valence-electron chi connectivity index (χ2n) is 4.13. The fourth-order valence-electron chi connectivity index (χ4n) is 1.33. The molecule has 0 radical (unpaired) electrons. The van der Waals surface area contributed by atoms with Crippen molar-refractivity contribution < 1.29 is 0 Å². The molecule has 0 fully saturated rings. The average Bonchev–Trinajstić information content (AvgIpc) is 2.73. The van der Waals surface area contributed by atoms with E-state index >= 15 is 0 Å². The topological polar surface area (TPSA) is 81.1 Å². The number of hydrogen-bond donors (Lipinski definition) is 2. The van der Waals surface area contributed by atoms with Crippen molar-refractivity contribution in [2.24, 2.45) is 11.7 Å². The number of nitrogens with one attached hydrogen (secondary N) is 1. The summed E-state index contributed by atoms with van der Waals surface area (Å²) in [6.45, 7) is 4.87. The van der Waals surface area contributed by atoms with Crippen LogP contribution in [0.15, 0.2) is 18.7 Å². The summed E-state index contributed by atoms with van der Waals surface area (Å²) >= 11 is 0. The van der Waals surface area contributed by atoms with E-state index in [0.29, 0.717) is 12.5 Å². The predicted molar refractivity (Wildman–Crippen MR) is 62.1 cm³/mol. The zero-order valence-electron chi connectivity index (χ0n) is 9.46. The summed E-state index contributed by atoms with van der Waals surface area (Å²) in [5, 5.41) is 11.0.